The molecule has 2 heteroatoms. The highest BCUT2D eigenvalue weighted by Gasteiger charge is 2.24. The standard InChI is InChI=1S/C13H19NO/c1-10-8-11(2)14(15)13(9-10)12-6-4-3-5-7-12/h8-9,12,15H,2-7H2,1H3. The van der Waals surface area contributed by atoms with Crippen molar-refractivity contribution >= 4 is 0 Å². The number of rotatable bonds is 1. The smallest absolute Gasteiger partial charge is 0.0620 e. The van der Waals surface area contributed by atoms with Crippen LogP contribution in [0.5, 0.6) is 0 Å². The molecule has 82 valence electrons. The minimum Gasteiger partial charge on any atom is -0.284 e. The molecular formula is C13H19NO. The van der Waals surface area contributed by atoms with Crippen LogP contribution in [0.1, 0.15) is 39.0 Å². The van der Waals surface area contributed by atoms with Gasteiger partial charge in [-0.2, -0.15) is 0 Å². The van der Waals surface area contributed by atoms with Gasteiger partial charge in [-0.1, -0.05) is 25.8 Å². The van der Waals surface area contributed by atoms with Gasteiger partial charge >= 0.3 is 0 Å². The highest BCUT2D eigenvalue weighted by atomic mass is 16.5. The van der Waals surface area contributed by atoms with Gasteiger partial charge in [-0.25, -0.2) is 5.06 Å². The Labute approximate surface area is 91.5 Å². The Morgan fingerprint density at radius 1 is 1.27 bits per heavy atom. The molecule has 0 bridgehead atoms. The molecule has 0 radical (unpaired) electrons. The maximum atomic E-state index is 9.93. The van der Waals surface area contributed by atoms with Crippen LogP contribution in [0.3, 0.4) is 0 Å². The van der Waals surface area contributed by atoms with Crippen LogP contribution in [-0.2, 0) is 0 Å². The van der Waals surface area contributed by atoms with Crippen LogP contribution in [0.4, 0.5) is 0 Å². The molecule has 0 aromatic rings. The largest absolute Gasteiger partial charge is 0.284 e. The lowest BCUT2D eigenvalue weighted by atomic mass is 9.85. The molecule has 2 nitrogen and oxygen atoms in total. The minimum atomic E-state index is 0.518. The lowest BCUT2D eigenvalue weighted by molar-refractivity contribution is -0.0290. The third-order valence-corrected chi connectivity index (χ3v) is 3.31. The third-order valence-electron chi connectivity index (χ3n) is 3.31. The molecule has 0 aromatic carbocycles. The normalized spacial score (nSPS) is 23.9. The van der Waals surface area contributed by atoms with E-state index in [0.717, 1.165) is 5.70 Å². The van der Waals surface area contributed by atoms with Gasteiger partial charge in [-0.3, -0.25) is 5.21 Å². The second-order valence-corrected chi connectivity index (χ2v) is 4.60. The van der Waals surface area contributed by atoms with Gasteiger partial charge in [0.2, 0.25) is 0 Å². The first kappa shape index (κ1) is 10.5. The van der Waals surface area contributed by atoms with Crippen LogP contribution in [-0.4, -0.2) is 10.3 Å². The summed E-state index contributed by atoms with van der Waals surface area (Å²) in [5.41, 5.74) is 2.92. The van der Waals surface area contributed by atoms with Crippen molar-refractivity contribution in [1.82, 2.24) is 5.06 Å². The van der Waals surface area contributed by atoms with Crippen molar-refractivity contribution in [3.8, 4) is 0 Å². The van der Waals surface area contributed by atoms with Gasteiger partial charge in [0.25, 0.3) is 0 Å². The van der Waals surface area contributed by atoms with Gasteiger partial charge in [0.15, 0.2) is 0 Å². The van der Waals surface area contributed by atoms with Gasteiger partial charge in [-0.15, -0.1) is 0 Å². The summed E-state index contributed by atoms with van der Waals surface area (Å²) in [6, 6.07) is 0. The Kier molecular flexibility index (Phi) is 2.96. The SMILES string of the molecule is C=C1C=C(C)C=C(C2CCCCC2)N1O. The van der Waals surface area contributed by atoms with Gasteiger partial charge < -0.3 is 0 Å². The van der Waals surface area contributed by atoms with Gasteiger partial charge in [-0.05, 0) is 37.5 Å². The van der Waals surface area contributed by atoms with E-state index in [4.69, 9.17) is 0 Å². The van der Waals surface area contributed by atoms with Crippen molar-refractivity contribution in [2.45, 2.75) is 39.0 Å². The molecule has 1 heterocycles. The van der Waals surface area contributed by atoms with Crippen molar-refractivity contribution < 1.29 is 5.21 Å². The first-order valence-corrected chi connectivity index (χ1v) is 5.76. The number of allylic oxidation sites excluding steroid dienone is 4. The molecular weight excluding hydrogens is 186 g/mol. The Balaban J connectivity index is 2.19. The molecule has 0 unspecified atom stereocenters. The molecule has 0 amide bonds. The summed E-state index contributed by atoms with van der Waals surface area (Å²) >= 11 is 0. The Morgan fingerprint density at radius 3 is 2.60 bits per heavy atom. The van der Waals surface area contributed by atoms with E-state index in [1.165, 1.54) is 42.7 Å². The first-order chi connectivity index (χ1) is 7.18. The molecule has 1 fully saturated rings. The summed E-state index contributed by atoms with van der Waals surface area (Å²) in [5.74, 6) is 0.518. The summed E-state index contributed by atoms with van der Waals surface area (Å²) in [6.07, 6.45) is 10.3. The second-order valence-electron chi connectivity index (χ2n) is 4.60. The number of hydrogen-bond donors (Lipinski definition) is 1. The fraction of sp³-hybridized carbons (Fsp3) is 0.538. The molecule has 0 aromatic heterocycles. The maximum absolute atomic E-state index is 9.93. The molecule has 1 aliphatic carbocycles. The van der Waals surface area contributed by atoms with E-state index in [1.54, 1.807) is 0 Å². The predicted octanol–water partition coefficient (Wildman–Crippen LogP) is 3.62. The third kappa shape index (κ3) is 2.15. The Morgan fingerprint density at radius 2 is 1.93 bits per heavy atom. The van der Waals surface area contributed by atoms with E-state index in [-0.39, 0.29) is 0 Å². The molecule has 1 N–H and O–H groups in total. The predicted molar refractivity (Wildman–Crippen MR) is 61.2 cm³/mol. The zero-order chi connectivity index (χ0) is 10.8. The zero-order valence-corrected chi connectivity index (χ0v) is 9.37. The summed E-state index contributed by atoms with van der Waals surface area (Å²) in [6.45, 7) is 5.91. The van der Waals surface area contributed by atoms with Gasteiger partial charge in [0.1, 0.15) is 0 Å². The fourth-order valence-electron chi connectivity index (χ4n) is 2.51. The molecule has 1 saturated carbocycles. The molecule has 0 spiro atoms. The summed E-state index contributed by atoms with van der Waals surface area (Å²) < 4.78 is 0. The monoisotopic (exact) mass is 205 g/mol. The van der Waals surface area contributed by atoms with Crippen LogP contribution in [0, 0.1) is 5.92 Å². The lowest BCUT2D eigenvalue weighted by Gasteiger charge is -2.32. The Hall–Kier alpha value is -1.02. The molecule has 1 aliphatic heterocycles. The van der Waals surface area contributed by atoms with Crippen molar-refractivity contribution in [2.75, 3.05) is 0 Å². The fourth-order valence-corrected chi connectivity index (χ4v) is 2.51. The molecule has 0 saturated heterocycles. The first-order valence-electron chi connectivity index (χ1n) is 5.76. The second kappa shape index (κ2) is 4.23. The molecule has 2 rings (SSSR count). The van der Waals surface area contributed by atoms with Crippen molar-refractivity contribution in [1.29, 1.82) is 0 Å². The molecule has 0 atom stereocenters. The topological polar surface area (TPSA) is 23.5 Å². The average molecular weight is 205 g/mol. The zero-order valence-electron chi connectivity index (χ0n) is 9.37. The van der Waals surface area contributed by atoms with Crippen LogP contribution < -0.4 is 0 Å². The maximum Gasteiger partial charge on any atom is 0.0620 e. The lowest BCUT2D eigenvalue weighted by Crippen LogP contribution is -2.26. The average Bonchev–Trinajstić information content (AvgIpc) is 2.24. The molecule has 15 heavy (non-hydrogen) atoms. The minimum absolute atomic E-state index is 0.518. The summed E-state index contributed by atoms with van der Waals surface area (Å²) in [4.78, 5) is 0. The highest BCUT2D eigenvalue weighted by Crippen LogP contribution is 2.34. The van der Waals surface area contributed by atoms with E-state index in [2.05, 4.69) is 19.6 Å². The summed E-state index contributed by atoms with van der Waals surface area (Å²) in [5, 5.41) is 11.2. The van der Waals surface area contributed by atoms with Crippen LogP contribution >= 0.6 is 0 Å². The quantitative estimate of drug-likeness (QED) is 0.706. The number of hydrogen-bond acceptors (Lipinski definition) is 2. The van der Waals surface area contributed by atoms with E-state index >= 15 is 0 Å². The van der Waals surface area contributed by atoms with Crippen LogP contribution in [0.25, 0.3) is 0 Å². The van der Waals surface area contributed by atoms with Crippen molar-refractivity contribution in [3.05, 3.63) is 35.7 Å². The van der Waals surface area contributed by atoms with Crippen molar-refractivity contribution in [3.63, 3.8) is 0 Å². The van der Waals surface area contributed by atoms with E-state index < -0.39 is 0 Å². The van der Waals surface area contributed by atoms with E-state index in [1.807, 2.05) is 6.08 Å². The van der Waals surface area contributed by atoms with Gasteiger partial charge in [0.05, 0.1) is 5.70 Å². The summed E-state index contributed by atoms with van der Waals surface area (Å²) in [7, 11) is 0. The molecule has 2 aliphatic rings. The number of hydroxylamine groups is 2. The Bertz CT molecular complexity index is 321. The van der Waals surface area contributed by atoms with Crippen molar-refractivity contribution in [2.24, 2.45) is 5.92 Å². The van der Waals surface area contributed by atoms with E-state index in [9.17, 15) is 5.21 Å². The van der Waals surface area contributed by atoms with E-state index in [0.29, 0.717) is 11.6 Å². The highest BCUT2D eigenvalue weighted by molar-refractivity contribution is 5.36. The van der Waals surface area contributed by atoms with Crippen LogP contribution in [0.2, 0.25) is 0 Å². The number of nitrogens with zero attached hydrogens (tertiary/aromatic N) is 1. The van der Waals surface area contributed by atoms with Gasteiger partial charge in [0, 0.05) is 11.6 Å². The van der Waals surface area contributed by atoms with Crippen LogP contribution in [0.15, 0.2) is 35.7 Å².